The summed E-state index contributed by atoms with van der Waals surface area (Å²) in [4.78, 5) is 13.6. The summed E-state index contributed by atoms with van der Waals surface area (Å²) >= 11 is 0. The highest BCUT2D eigenvalue weighted by Crippen LogP contribution is 2.38. The summed E-state index contributed by atoms with van der Waals surface area (Å²) < 4.78 is 68.9. The first-order chi connectivity index (χ1) is 24.8. The predicted molar refractivity (Wildman–Crippen MR) is 182 cm³/mol. The van der Waals surface area contributed by atoms with E-state index in [2.05, 4.69) is 0 Å². The lowest BCUT2D eigenvalue weighted by atomic mass is 9.95. The Bertz CT molecular complexity index is 1490. The quantitative estimate of drug-likeness (QED) is 0.217. The lowest BCUT2D eigenvalue weighted by Gasteiger charge is -2.52. The molecule has 276 valence electrons. The van der Waals surface area contributed by atoms with Gasteiger partial charge in [0.2, 0.25) is 0 Å². The summed E-state index contributed by atoms with van der Waals surface area (Å²) in [6.07, 6.45) is -8.07. The van der Waals surface area contributed by atoms with E-state index in [0.717, 1.165) is 11.1 Å². The third-order valence-electron chi connectivity index (χ3n) is 9.20. The molecule has 3 aromatic carbocycles. The minimum absolute atomic E-state index is 0.117. The SMILES string of the molecule is CO[C@H]1O[C@H](COCc2ccccc2)[C@@H](O[C@@H]2O[C@H]3COC(C)(C)O[C@H]3[C@H](OC)[C@H]2OC(=O)c2ccccc2)[C@H](OC)[C@H]1OCc1ccccc1. The van der Waals surface area contributed by atoms with Crippen LogP contribution < -0.4 is 0 Å². The monoisotopic (exact) mass is 708 g/mol. The normalized spacial score (nSPS) is 31.8. The molecule has 12 heteroatoms. The molecule has 0 saturated carbocycles. The predicted octanol–water partition coefficient (Wildman–Crippen LogP) is 4.68. The van der Waals surface area contributed by atoms with Crippen molar-refractivity contribution in [2.75, 3.05) is 34.5 Å². The van der Waals surface area contributed by atoms with E-state index < -0.39 is 73.2 Å². The Labute approximate surface area is 299 Å². The summed E-state index contributed by atoms with van der Waals surface area (Å²) in [6.45, 7) is 4.55. The van der Waals surface area contributed by atoms with Crippen molar-refractivity contribution in [2.24, 2.45) is 0 Å². The lowest BCUT2D eigenvalue weighted by molar-refractivity contribution is -0.401. The highest BCUT2D eigenvalue weighted by molar-refractivity contribution is 5.89. The number of hydrogen-bond donors (Lipinski definition) is 0. The maximum absolute atomic E-state index is 13.6. The second-order valence-electron chi connectivity index (χ2n) is 13.1. The summed E-state index contributed by atoms with van der Waals surface area (Å²) in [5.74, 6) is -1.49. The molecule has 3 aliphatic heterocycles. The van der Waals surface area contributed by atoms with Crippen LogP contribution in [0, 0.1) is 0 Å². The molecular formula is C39H48O12. The van der Waals surface area contributed by atoms with Crippen molar-refractivity contribution in [1.29, 1.82) is 0 Å². The molecule has 0 spiro atoms. The number of fused-ring (bicyclic) bond motifs is 1. The molecule has 3 saturated heterocycles. The van der Waals surface area contributed by atoms with Gasteiger partial charge in [0.05, 0.1) is 32.0 Å². The first-order valence-corrected chi connectivity index (χ1v) is 17.2. The zero-order valence-corrected chi connectivity index (χ0v) is 29.7. The van der Waals surface area contributed by atoms with E-state index in [-0.39, 0.29) is 19.8 Å². The molecule has 3 aromatic rings. The van der Waals surface area contributed by atoms with Crippen LogP contribution in [0.2, 0.25) is 0 Å². The van der Waals surface area contributed by atoms with Gasteiger partial charge in [0.25, 0.3) is 0 Å². The van der Waals surface area contributed by atoms with Gasteiger partial charge in [-0.15, -0.1) is 0 Å². The third kappa shape index (κ3) is 9.21. The third-order valence-corrected chi connectivity index (χ3v) is 9.20. The number of ether oxygens (including phenoxy) is 11. The molecule has 0 radical (unpaired) electrons. The lowest BCUT2D eigenvalue weighted by Crippen LogP contribution is -2.68. The van der Waals surface area contributed by atoms with Crippen molar-refractivity contribution in [2.45, 2.75) is 94.3 Å². The van der Waals surface area contributed by atoms with Crippen LogP contribution >= 0.6 is 0 Å². The molecule has 0 aromatic heterocycles. The second kappa shape index (κ2) is 17.5. The fraction of sp³-hybridized carbons (Fsp3) is 0.513. The van der Waals surface area contributed by atoms with Crippen molar-refractivity contribution >= 4 is 5.97 Å². The van der Waals surface area contributed by atoms with E-state index in [4.69, 9.17) is 52.1 Å². The maximum Gasteiger partial charge on any atom is 0.338 e. The van der Waals surface area contributed by atoms with Crippen LogP contribution in [0.5, 0.6) is 0 Å². The molecule has 12 nitrogen and oxygen atoms in total. The van der Waals surface area contributed by atoms with Gasteiger partial charge < -0.3 is 52.1 Å². The summed E-state index contributed by atoms with van der Waals surface area (Å²) in [6, 6.07) is 28.3. The number of benzene rings is 3. The number of esters is 1. The molecule has 0 aliphatic carbocycles. The average Bonchev–Trinajstić information content (AvgIpc) is 3.15. The zero-order chi connectivity index (χ0) is 35.8. The van der Waals surface area contributed by atoms with Crippen LogP contribution in [0.25, 0.3) is 0 Å². The fourth-order valence-electron chi connectivity index (χ4n) is 6.67. The standard InChI is InChI=1S/C39H48O12/c1-39(2)46-24-29-31(51-39)33(42-4)35(49-36(40)27-19-13-8-14-20-27)38(48-29)50-30-28(23-44-21-25-15-9-6-10-16-25)47-37(43-5)34(32(30)41-3)45-22-26-17-11-7-12-18-26/h6-20,28-35,37-38H,21-24H2,1-5H3/t28-,29+,30-,31-,32+,33+,34-,35-,37+,38+/m1/s1. The summed E-state index contributed by atoms with van der Waals surface area (Å²) in [7, 11) is 4.67. The number of carbonyl (C=O) groups excluding carboxylic acids is 1. The van der Waals surface area contributed by atoms with Gasteiger partial charge >= 0.3 is 5.97 Å². The van der Waals surface area contributed by atoms with E-state index in [1.807, 2.05) is 80.6 Å². The van der Waals surface area contributed by atoms with Crippen LogP contribution in [-0.2, 0) is 65.3 Å². The number of carbonyl (C=O) groups is 1. The molecule has 3 aliphatic rings. The highest BCUT2D eigenvalue weighted by Gasteiger charge is 2.57. The van der Waals surface area contributed by atoms with Crippen LogP contribution in [0.15, 0.2) is 91.0 Å². The topological polar surface area (TPSA) is 119 Å². The number of hydrogen-bond acceptors (Lipinski definition) is 12. The molecule has 6 rings (SSSR count). The molecule has 10 atom stereocenters. The Morgan fingerprint density at radius 1 is 0.706 bits per heavy atom. The van der Waals surface area contributed by atoms with Crippen molar-refractivity contribution in [1.82, 2.24) is 0 Å². The molecule has 0 amide bonds. The van der Waals surface area contributed by atoms with E-state index in [9.17, 15) is 4.79 Å². The molecule has 51 heavy (non-hydrogen) atoms. The first kappa shape index (κ1) is 37.5. The minimum Gasteiger partial charge on any atom is -0.450 e. The van der Waals surface area contributed by atoms with Crippen molar-refractivity contribution < 1.29 is 56.9 Å². The molecular weight excluding hydrogens is 660 g/mol. The highest BCUT2D eigenvalue weighted by atomic mass is 16.8. The smallest absolute Gasteiger partial charge is 0.338 e. The van der Waals surface area contributed by atoms with Gasteiger partial charge in [0.1, 0.15) is 42.7 Å². The van der Waals surface area contributed by atoms with Crippen LogP contribution in [0.4, 0.5) is 0 Å². The Kier molecular flexibility index (Phi) is 12.9. The van der Waals surface area contributed by atoms with E-state index in [0.29, 0.717) is 12.2 Å². The van der Waals surface area contributed by atoms with E-state index >= 15 is 0 Å². The van der Waals surface area contributed by atoms with Crippen molar-refractivity contribution in [3.63, 3.8) is 0 Å². The molecule has 0 unspecified atom stereocenters. The number of methoxy groups -OCH3 is 3. The van der Waals surface area contributed by atoms with Gasteiger partial charge in [-0.3, -0.25) is 0 Å². The van der Waals surface area contributed by atoms with Gasteiger partial charge in [-0.25, -0.2) is 4.79 Å². The minimum atomic E-state index is -1.16. The molecule has 3 fully saturated rings. The number of rotatable bonds is 14. The summed E-state index contributed by atoms with van der Waals surface area (Å²) in [5.41, 5.74) is 2.33. The average molecular weight is 709 g/mol. The Morgan fingerprint density at radius 3 is 1.96 bits per heavy atom. The maximum atomic E-state index is 13.6. The molecule has 0 N–H and O–H groups in total. The van der Waals surface area contributed by atoms with Crippen LogP contribution in [-0.4, -0.2) is 108 Å². The Morgan fingerprint density at radius 2 is 1.33 bits per heavy atom. The van der Waals surface area contributed by atoms with Gasteiger partial charge in [-0.05, 0) is 37.1 Å². The van der Waals surface area contributed by atoms with Crippen molar-refractivity contribution in [3.8, 4) is 0 Å². The van der Waals surface area contributed by atoms with Gasteiger partial charge in [0, 0.05) is 21.3 Å². The van der Waals surface area contributed by atoms with Crippen LogP contribution in [0.1, 0.15) is 35.3 Å². The Hall–Kier alpha value is -3.27. The second-order valence-corrected chi connectivity index (χ2v) is 13.1. The van der Waals surface area contributed by atoms with Crippen molar-refractivity contribution in [3.05, 3.63) is 108 Å². The van der Waals surface area contributed by atoms with Crippen LogP contribution in [0.3, 0.4) is 0 Å². The zero-order valence-electron chi connectivity index (χ0n) is 29.7. The first-order valence-electron chi connectivity index (χ1n) is 17.2. The van der Waals surface area contributed by atoms with E-state index in [1.54, 1.807) is 38.5 Å². The van der Waals surface area contributed by atoms with E-state index in [1.165, 1.54) is 7.11 Å². The molecule has 3 heterocycles. The largest absolute Gasteiger partial charge is 0.450 e. The van der Waals surface area contributed by atoms with Gasteiger partial charge in [-0.2, -0.15) is 0 Å². The fourth-order valence-corrected chi connectivity index (χ4v) is 6.67. The van der Waals surface area contributed by atoms with Gasteiger partial charge in [-0.1, -0.05) is 78.9 Å². The Balaban J connectivity index is 1.30. The summed E-state index contributed by atoms with van der Waals surface area (Å²) in [5, 5.41) is 0. The molecule has 0 bridgehead atoms. The van der Waals surface area contributed by atoms with Gasteiger partial charge in [0.15, 0.2) is 24.5 Å².